The highest BCUT2D eigenvalue weighted by Crippen LogP contribution is 2.13. The molecule has 0 aromatic carbocycles. The summed E-state index contributed by atoms with van der Waals surface area (Å²) < 4.78 is 1.94. The first-order valence-corrected chi connectivity index (χ1v) is 6.79. The standard InChI is InChI=1S/C14H26N4O/c1-10(2)15-9-13-11(3)16-18(12(13)4)8-7-14(19)17(5)6/h10,15H,7-9H2,1-6H3. The Morgan fingerprint density at radius 3 is 2.53 bits per heavy atom. The summed E-state index contributed by atoms with van der Waals surface area (Å²) >= 11 is 0. The molecule has 1 rings (SSSR count). The molecule has 0 fully saturated rings. The molecule has 1 aromatic rings. The largest absolute Gasteiger partial charge is 0.349 e. The molecule has 0 radical (unpaired) electrons. The van der Waals surface area contributed by atoms with E-state index in [1.54, 1.807) is 19.0 Å². The minimum Gasteiger partial charge on any atom is -0.349 e. The molecule has 0 aliphatic heterocycles. The minimum atomic E-state index is 0.134. The first-order valence-electron chi connectivity index (χ1n) is 6.79. The van der Waals surface area contributed by atoms with E-state index in [4.69, 9.17) is 0 Å². The predicted molar refractivity (Wildman–Crippen MR) is 77.0 cm³/mol. The minimum absolute atomic E-state index is 0.134. The molecule has 19 heavy (non-hydrogen) atoms. The highest BCUT2D eigenvalue weighted by molar-refractivity contribution is 5.75. The molecule has 0 spiro atoms. The van der Waals surface area contributed by atoms with E-state index in [0.717, 1.165) is 17.9 Å². The molecule has 0 aliphatic rings. The second kappa shape index (κ2) is 6.70. The number of rotatable bonds is 6. The highest BCUT2D eigenvalue weighted by Gasteiger charge is 2.13. The number of nitrogens with zero attached hydrogens (tertiary/aromatic N) is 3. The van der Waals surface area contributed by atoms with Crippen molar-refractivity contribution < 1.29 is 4.79 Å². The summed E-state index contributed by atoms with van der Waals surface area (Å²) in [6, 6.07) is 0.456. The molecule has 0 bridgehead atoms. The lowest BCUT2D eigenvalue weighted by Crippen LogP contribution is -2.23. The van der Waals surface area contributed by atoms with Crippen molar-refractivity contribution in [3.8, 4) is 0 Å². The van der Waals surface area contributed by atoms with E-state index in [1.807, 2.05) is 11.6 Å². The molecule has 5 nitrogen and oxygen atoms in total. The highest BCUT2D eigenvalue weighted by atomic mass is 16.2. The van der Waals surface area contributed by atoms with Crippen LogP contribution in [0.1, 0.15) is 37.2 Å². The second-order valence-electron chi connectivity index (χ2n) is 5.45. The normalized spacial score (nSPS) is 11.1. The Kier molecular flexibility index (Phi) is 5.54. The lowest BCUT2D eigenvalue weighted by atomic mass is 10.2. The zero-order valence-electron chi connectivity index (χ0n) is 12.9. The van der Waals surface area contributed by atoms with Gasteiger partial charge in [-0.2, -0.15) is 5.10 Å². The molecule has 0 atom stereocenters. The Labute approximate surface area is 116 Å². The quantitative estimate of drug-likeness (QED) is 0.848. The molecule has 0 unspecified atom stereocenters. The summed E-state index contributed by atoms with van der Waals surface area (Å²) in [5.41, 5.74) is 3.44. The summed E-state index contributed by atoms with van der Waals surface area (Å²) in [6.45, 7) is 9.82. The molecular formula is C14H26N4O. The zero-order valence-corrected chi connectivity index (χ0v) is 12.9. The van der Waals surface area contributed by atoms with Gasteiger partial charge in [-0.15, -0.1) is 0 Å². The average Bonchev–Trinajstić information content (AvgIpc) is 2.58. The molecule has 0 aliphatic carbocycles. The van der Waals surface area contributed by atoms with Crippen molar-refractivity contribution in [3.63, 3.8) is 0 Å². The maximum Gasteiger partial charge on any atom is 0.223 e. The van der Waals surface area contributed by atoms with Gasteiger partial charge in [-0.3, -0.25) is 9.48 Å². The van der Waals surface area contributed by atoms with Crippen LogP contribution in [0.4, 0.5) is 0 Å². The molecule has 0 saturated carbocycles. The summed E-state index contributed by atoms with van der Waals surface area (Å²) in [6.07, 6.45) is 0.492. The fourth-order valence-corrected chi connectivity index (χ4v) is 1.94. The fourth-order valence-electron chi connectivity index (χ4n) is 1.94. The molecule has 1 heterocycles. The Hall–Kier alpha value is -1.36. The van der Waals surface area contributed by atoms with E-state index in [-0.39, 0.29) is 5.91 Å². The maximum absolute atomic E-state index is 11.6. The zero-order chi connectivity index (χ0) is 14.6. The maximum atomic E-state index is 11.6. The molecule has 108 valence electrons. The topological polar surface area (TPSA) is 50.2 Å². The average molecular weight is 266 g/mol. The Morgan fingerprint density at radius 2 is 2.00 bits per heavy atom. The van der Waals surface area contributed by atoms with E-state index in [1.165, 1.54) is 5.56 Å². The molecular weight excluding hydrogens is 240 g/mol. The van der Waals surface area contributed by atoms with Crippen LogP contribution in [0.15, 0.2) is 0 Å². The van der Waals surface area contributed by atoms with Crippen LogP contribution < -0.4 is 5.32 Å². The van der Waals surface area contributed by atoms with Crippen molar-refractivity contribution in [2.75, 3.05) is 14.1 Å². The van der Waals surface area contributed by atoms with Crippen LogP contribution in [0.5, 0.6) is 0 Å². The molecule has 1 amide bonds. The van der Waals surface area contributed by atoms with E-state index in [0.29, 0.717) is 19.0 Å². The number of hydrogen-bond donors (Lipinski definition) is 1. The van der Waals surface area contributed by atoms with Crippen molar-refractivity contribution in [3.05, 3.63) is 17.0 Å². The Bertz CT molecular complexity index is 435. The third-order valence-electron chi connectivity index (χ3n) is 3.25. The van der Waals surface area contributed by atoms with E-state index in [2.05, 4.69) is 31.2 Å². The second-order valence-corrected chi connectivity index (χ2v) is 5.45. The number of hydrogen-bond acceptors (Lipinski definition) is 3. The number of carbonyl (C=O) groups is 1. The van der Waals surface area contributed by atoms with Crippen molar-refractivity contribution in [2.45, 2.75) is 53.2 Å². The van der Waals surface area contributed by atoms with Crippen LogP contribution in [-0.2, 0) is 17.9 Å². The van der Waals surface area contributed by atoms with Gasteiger partial charge in [0.25, 0.3) is 0 Å². The Morgan fingerprint density at radius 1 is 1.37 bits per heavy atom. The van der Waals surface area contributed by atoms with Gasteiger partial charge in [-0.05, 0) is 13.8 Å². The van der Waals surface area contributed by atoms with Gasteiger partial charge in [-0.1, -0.05) is 13.8 Å². The fraction of sp³-hybridized carbons (Fsp3) is 0.714. The summed E-state index contributed by atoms with van der Waals surface area (Å²) in [5.74, 6) is 0.134. The number of aromatic nitrogens is 2. The summed E-state index contributed by atoms with van der Waals surface area (Å²) in [7, 11) is 3.56. The Balaban J connectivity index is 2.70. The van der Waals surface area contributed by atoms with Crippen LogP contribution in [0, 0.1) is 13.8 Å². The van der Waals surface area contributed by atoms with Gasteiger partial charge in [0.1, 0.15) is 0 Å². The molecule has 1 N–H and O–H groups in total. The van der Waals surface area contributed by atoms with Crippen LogP contribution in [0.3, 0.4) is 0 Å². The van der Waals surface area contributed by atoms with Gasteiger partial charge in [-0.25, -0.2) is 0 Å². The SMILES string of the molecule is Cc1nn(CCC(=O)N(C)C)c(C)c1CNC(C)C. The van der Waals surface area contributed by atoms with Gasteiger partial charge in [0.15, 0.2) is 0 Å². The molecule has 0 saturated heterocycles. The van der Waals surface area contributed by atoms with E-state index < -0.39 is 0 Å². The summed E-state index contributed by atoms with van der Waals surface area (Å²) in [4.78, 5) is 13.2. The number of aryl methyl sites for hydroxylation is 2. The third kappa shape index (κ3) is 4.35. The van der Waals surface area contributed by atoms with Crippen molar-refractivity contribution in [2.24, 2.45) is 0 Å². The van der Waals surface area contributed by atoms with Crippen LogP contribution >= 0.6 is 0 Å². The van der Waals surface area contributed by atoms with E-state index >= 15 is 0 Å². The van der Waals surface area contributed by atoms with Crippen molar-refractivity contribution >= 4 is 5.91 Å². The smallest absolute Gasteiger partial charge is 0.223 e. The lowest BCUT2D eigenvalue weighted by Gasteiger charge is -2.11. The monoisotopic (exact) mass is 266 g/mol. The first-order chi connectivity index (χ1) is 8.82. The van der Waals surface area contributed by atoms with Gasteiger partial charge in [0.05, 0.1) is 5.69 Å². The number of carbonyl (C=O) groups excluding carboxylic acids is 1. The van der Waals surface area contributed by atoms with E-state index in [9.17, 15) is 4.79 Å². The van der Waals surface area contributed by atoms with Gasteiger partial charge in [0, 0.05) is 50.9 Å². The van der Waals surface area contributed by atoms with Crippen LogP contribution in [0.25, 0.3) is 0 Å². The summed E-state index contributed by atoms with van der Waals surface area (Å²) in [5, 5.41) is 7.94. The van der Waals surface area contributed by atoms with Gasteiger partial charge < -0.3 is 10.2 Å². The van der Waals surface area contributed by atoms with Crippen molar-refractivity contribution in [1.82, 2.24) is 20.0 Å². The third-order valence-corrected chi connectivity index (χ3v) is 3.25. The number of amides is 1. The van der Waals surface area contributed by atoms with Crippen LogP contribution in [0.2, 0.25) is 0 Å². The van der Waals surface area contributed by atoms with Crippen LogP contribution in [-0.4, -0.2) is 40.7 Å². The molecule has 5 heteroatoms. The van der Waals surface area contributed by atoms with Gasteiger partial charge >= 0.3 is 0 Å². The van der Waals surface area contributed by atoms with Crippen molar-refractivity contribution in [1.29, 1.82) is 0 Å². The lowest BCUT2D eigenvalue weighted by molar-refractivity contribution is -0.128. The number of nitrogens with one attached hydrogen (secondary N) is 1. The molecule has 1 aromatic heterocycles. The predicted octanol–water partition coefficient (Wildman–Crippen LogP) is 1.48. The first kappa shape index (κ1) is 15.7. The van der Waals surface area contributed by atoms with Gasteiger partial charge in [0.2, 0.25) is 5.91 Å².